The second-order valence-corrected chi connectivity index (χ2v) is 13.7. The molecule has 0 aliphatic heterocycles. The number of ether oxygens (including phenoxy) is 2. The predicted octanol–water partition coefficient (Wildman–Crippen LogP) is 12.8. The van der Waals surface area contributed by atoms with Gasteiger partial charge < -0.3 is 14.6 Å². The van der Waals surface area contributed by atoms with Gasteiger partial charge in [0.25, 0.3) is 0 Å². The number of hydrogen-bond acceptors (Lipinski definition) is 5. The first-order valence-electron chi connectivity index (χ1n) is 20.5. The Morgan fingerprint density at radius 1 is 0.479 bits per heavy atom. The molecule has 0 unspecified atom stereocenters. The summed E-state index contributed by atoms with van der Waals surface area (Å²) in [5.74, 6) is -0.597. The van der Waals surface area contributed by atoms with E-state index in [0.29, 0.717) is 12.8 Å². The fourth-order valence-corrected chi connectivity index (χ4v) is 5.75. The van der Waals surface area contributed by atoms with Crippen LogP contribution in [0, 0.1) is 0 Å². The third-order valence-corrected chi connectivity index (χ3v) is 8.91. The molecule has 0 aromatic heterocycles. The summed E-state index contributed by atoms with van der Waals surface area (Å²) in [4.78, 5) is 24.3. The third-order valence-electron chi connectivity index (χ3n) is 8.91. The van der Waals surface area contributed by atoms with E-state index in [1.807, 2.05) is 0 Å². The zero-order valence-corrected chi connectivity index (χ0v) is 31.7. The van der Waals surface area contributed by atoms with Crippen molar-refractivity contribution in [1.82, 2.24) is 0 Å². The number of carbonyl (C=O) groups is 2. The lowest BCUT2D eigenvalue weighted by atomic mass is 10.1. The Morgan fingerprint density at radius 2 is 0.833 bits per heavy atom. The largest absolute Gasteiger partial charge is 0.462 e. The Balaban J connectivity index is 3.55. The first kappa shape index (κ1) is 46.1. The molecule has 280 valence electrons. The van der Waals surface area contributed by atoms with Crippen molar-refractivity contribution < 1.29 is 24.2 Å². The first-order chi connectivity index (χ1) is 23.6. The maximum atomic E-state index is 12.2. The molecule has 0 fully saturated rings. The fourth-order valence-electron chi connectivity index (χ4n) is 5.75. The van der Waals surface area contributed by atoms with Gasteiger partial charge in [-0.3, -0.25) is 9.59 Å². The molecule has 1 atom stereocenters. The normalized spacial score (nSPS) is 12.5. The minimum atomic E-state index is -0.773. The van der Waals surface area contributed by atoms with E-state index >= 15 is 0 Å². The van der Waals surface area contributed by atoms with Gasteiger partial charge >= 0.3 is 11.9 Å². The van der Waals surface area contributed by atoms with Gasteiger partial charge in [0.2, 0.25) is 0 Å². The molecular weight excluding hydrogens is 596 g/mol. The van der Waals surface area contributed by atoms with Gasteiger partial charge in [0.1, 0.15) is 6.61 Å². The molecule has 5 heteroatoms. The van der Waals surface area contributed by atoms with Crippen molar-refractivity contribution in [2.75, 3.05) is 13.2 Å². The smallest absolute Gasteiger partial charge is 0.306 e. The van der Waals surface area contributed by atoms with Gasteiger partial charge in [-0.25, -0.2) is 0 Å². The summed E-state index contributed by atoms with van der Waals surface area (Å²) < 4.78 is 10.6. The summed E-state index contributed by atoms with van der Waals surface area (Å²) in [7, 11) is 0. The number of aliphatic hydroxyl groups excluding tert-OH is 1. The second-order valence-electron chi connectivity index (χ2n) is 13.7. The number of rotatable bonds is 37. The van der Waals surface area contributed by atoms with Crippen LogP contribution in [0.3, 0.4) is 0 Å². The van der Waals surface area contributed by atoms with E-state index in [1.54, 1.807) is 0 Å². The van der Waals surface area contributed by atoms with E-state index < -0.39 is 6.10 Å². The SMILES string of the molecule is CCCCCC=CCC=CCCCCCCCCCCCC(=O)O[C@@H](CO)COC(=O)CCCCCCCCCC=CCCCCCC. The third kappa shape index (κ3) is 36.9. The Bertz CT molecular complexity index is 771. The molecule has 0 rings (SSSR count). The molecular formula is C43H78O5. The Labute approximate surface area is 297 Å². The number of hydrogen-bond donors (Lipinski definition) is 1. The lowest BCUT2D eigenvalue weighted by Crippen LogP contribution is -2.28. The van der Waals surface area contributed by atoms with Crippen LogP contribution in [0.4, 0.5) is 0 Å². The molecule has 48 heavy (non-hydrogen) atoms. The van der Waals surface area contributed by atoms with Crippen molar-refractivity contribution in [3.63, 3.8) is 0 Å². The van der Waals surface area contributed by atoms with Crippen LogP contribution in [0.15, 0.2) is 36.5 Å². The van der Waals surface area contributed by atoms with E-state index in [9.17, 15) is 14.7 Å². The average Bonchev–Trinajstić information content (AvgIpc) is 3.09. The molecule has 1 N–H and O–H groups in total. The van der Waals surface area contributed by atoms with Crippen molar-refractivity contribution >= 4 is 11.9 Å². The van der Waals surface area contributed by atoms with Gasteiger partial charge in [0.05, 0.1) is 6.61 Å². The van der Waals surface area contributed by atoms with Gasteiger partial charge in [-0.15, -0.1) is 0 Å². The molecule has 0 spiro atoms. The van der Waals surface area contributed by atoms with Crippen molar-refractivity contribution in [2.24, 2.45) is 0 Å². The zero-order valence-electron chi connectivity index (χ0n) is 31.7. The summed E-state index contributed by atoms with van der Waals surface area (Å²) >= 11 is 0. The van der Waals surface area contributed by atoms with Crippen molar-refractivity contribution in [1.29, 1.82) is 0 Å². The standard InChI is InChI=1S/C43H78O5/c1-3-5-7-9-11-13-15-17-19-20-21-22-24-26-28-30-32-34-36-38-43(46)48-41(39-44)40-47-42(45)37-35-33-31-29-27-25-23-18-16-14-12-10-8-6-4-2/h11,13-14,16-17,19,41,44H,3-10,12,15,18,20-40H2,1-2H3/t41-/m0/s1. The van der Waals surface area contributed by atoms with Gasteiger partial charge in [-0.05, 0) is 70.6 Å². The van der Waals surface area contributed by atoms with Crippen LogP contribution in [-0.2, 0) is 19.1 Å². The zero-order chi connectivity index (χ0) is 35.0. The van der Waals surface area contributed by atoms with Crippen LogP contribution < -0.4 is 0 Å². The lowest BCUT2D eigenvalue weighted by molar-refractivity contribution is -0.161. The number of esters is 2. The molecule has 0 aromatic rings. The summed E-state index contributed by atoms with van der Waals surface area (Å²) in [6, 6.07) is 0. The van der Waals surface area contributed by atoms with E-state index in [4.69, 9.17) is 9.47 Å². The maximum absolute atomic E-state index is 12.2. The van der Waals surface area contributed by atoms with Crippen LogP contribution in [0.25, 0.3) is 0 Å². The molecule has 0 saturated heterocycles. The Kier molecular flexibility index (Phi) is 38.0. The number of allylic oxidation sites excluding steroid dienone is 6. The topological polar surface area (TPSA) is 72.8 Å². The molecule has 5 nitrogen and oxygen atoms in total. The van der Waals surface area contributed by atoms with Gasteiger partial charge in [-0.2, -0.15) is 0 Å². The molecule has 0 radical (unpaired) electrons. The second kappa shape index (κ2) is 39.6. The molecule has 0 amide bonds. The summed E-state index contributed by atoms with van der Waals surface area (Å²) in [5.41, 5.74) is 0. The number of aliphatic hydroxyl groups is 1. The van der Waals surface area contributed by atoms with Crippen molar-refractivity contribution in [3.05, 3.63) is 36.5 Å². The summed E-state index contributed by atoms with van der Waals surface area (Å²) in [5, 5.41) is 9.56. The average molecular weight is 675 g/mol. The highest BCUT2D eigenvalue weighted by molar-refractivity contribution is 5.70. The lowest BCUT2D eigenvalue weighted by Gasteiger charge is -2.15. The predicted molar refractivity (Wildman–Crippen MR) is 205 cm³/mol. The minimum Gasteiger partial charge on any atom is -0.462 e. The molecule has 0 aliphatic rings. The van der Waals surface area contributed by atoms with E-state index in [2.05, 4.69) is 50.3 Å². The number of unbranched alkanes of at least 4 members (excludes halogenated alkanes) is 23. The van der Waals surface area contributed by atoms with Crippen LogP contribution >= 0.6 is 0 Å². The Morgan fingerprint density at radius 3 is 1.29 bits per heavy atom. The molecule has 0 bridgehead atoms. The first-order valence-corrected chi connectivity index (χ1v) is 20.5. The fraction of sp³-hybridized carbons (Fsp3) is 0.814. The molecule has 0 heterocycles. The highest BCUT2D eigenvalue weighted by Gasteiger charge is 2.16. The maximum Gasteiger partial charge on any atom is 0.306 e. The highest BCUT2D eigenvalue weighted by Crippen LogP contribution is 2.14. The molecule has 0 aromatic carbocycles. The highest BCUT2D eigenvalue weighted by atomic mass is 16.6. The van der Waals surface area contributed by atoms with Gasteiger partial charge in [0, 0.05) is 12.8 Å². The molecule has 0 saturated carbocycles. The Hall–Kier alpha value is -1.88. The van der Waals surface area contributed by atoms with E-state index in [0.717, 1.165) is 44.9 Å². The van der Waals surface area contributed by atoms with Crippen LogP contribution in [0.5, 0.6) is 0 Å². The van der Waals surface area contributed by atoms with Gasteiger partial charge in [0.15, 0.2) is 6.10 Å². The van der Waals surface area contributed by atoms with E-state index in [1.165, 1.54) is 135 Å². The van der Waals surface area contributed by atoms with Crippen LogP contribution in [0.2, 0.25) is 0 Å². The van der Waals surface area contributed by atoms with Gasteiger partial charge in [-0.1, -0.05) is 159 Å². The van der Waals surface area contributed by atoms with E-state index in [-0.39, 0.29) is 25.2 Å². The monoisotopic (exact) mass is 675 g/mol. The minimum absolute atomic E-state index is 0.0684. The summed E-state index contributed by atoms with van der Waals surface area (Å²) in [6.45, 7) is 4.10. The summed E-state index contributed by atoms with van der Waals surface area (Å²) in [6.07, 6.45) is 47.7. The van der Waals surface area contributed by atoms with Crippen LogP contribution in [0.1, 0.15) is 206 Å². The van der Waals surface area contributed by atoms with Crippen molar-refractivity contribution in [3.8, 4) is 0 Å². The number of carbonyl (C=O) groups excluding carboxylic acids is 2. The quantitative estimate of drug-likeness (QED) is 0.0403. The molecule has 0 aliphatic carbocycles. The van der Waals surface area contributed by atoms with Crippen molar-refractivity contribution in [2.45, 2.75) is 213 Å². The van der Waals surface area contributed by atoms with Crippen LogP contribution in [-0.4, -0.2) is 36.4 Å².